The highest BCUT2D eigenvalue weighted by atomic mass is 16.5. The first-order valence-corrected chi connectivity index (χ1v) is 10.6. The average Bonchev–Trinajstić information content (AvgIpc) is 3.53. The molecule has 2 heterocycles. The van der Waals surface area contributed by atoms with Gasteiger partial charge in [-0.3, -0.25) is 14.4 Å². The lowest BCUT2D eigenvalue weighted by Gasteiger charge is -2.27. The number of benzene rings is 1. The largest absolute Gasteiger partial charge is 0.378 e. The van der Waals surface area contributed by atoms with Crippen LogP contribution in [0.25, 0.3) is 0 Å². The summed E-state index contributed by atoms with van der Waals surface area (Å²) in [5.74, 6) is -0.655. The van der Waals surface area contributed by atoms with Crippen molar-refractivity contribution in [3.8, 4) is 0 Å². The van der Waals surface area contributed by atoms with Crippen LogP contribution in [0.1, 0.15) is 41.7 Å². The third-order valence-corrected chi connectivity index (χ3v) is 5.83. The summed E-state index contributed by atoms with van der Waals surface area (Å²) >= 11 is 0. The van der Waals surface area contributed by atoms with Gasteiger partial charge in [0.15, 0.2) is 0 Å². The Morgan fingerprint density at radius 1 is 1.10 bits per heavy atom. The number of carbonyl (C=O) groups is 3. The first-order chi connectivity index (χ1) is 14.9. The molecule has 9 heteroatoms. The molecule has 9 nitrogen and oxygen atoms in total. The molecule has 1 saturated heterocycles. The summed E-state index contributed by atoms with van der Waals surface area (Å²) in [5, 5.41) is 9.50. The molecular formula is C22H27N5O4. The minimum absolute atomic E-state index is 0.112. The van der Waals surface area contributed by atoms with Crippen molar-refractivity contribution >= 4 is 29.2 Å². The monoisotopic (exact) mass is 425 g/mol. The van der Waals surface area contributed by atoms with Gasteiger partial charge in [-0.2, -0.15) is 5.10 Å². The number of carbonyl (C=O) groups excluding carboxylic acids is 3. The molecule has 164 valence electrons. The summed E-state index contributed by atoms with van der Waals surface area (Å²) in [5.41, 5.74) is 1.69. The van der Waals surface area contributed by atoms with E-state index in [1.54, 1.807) is 40.0 Å². The Balaban J connectivity index is 1.42. The number of morpholine rings is 1. The standard InChI is InChI=1S/C22H27N5O4/c1-14-3-6-17(13-18(14)22(30)26-9-11-31-12-10-26)24-20(28)21(29)25-19-7-8-23-27(19)15(2)16-4-5-16/h3,6-8,13,15-16H,4-5,9-12H2,1-2H3,(H,24,28)(H,25,29). The molecule has 1 aromatic carbocycles. The Labute approximate surface area is 180 Å². The Morgan fingerprint density at radius 3 is 2.52 bits per heavy atom. The van der Waals surface area contributed by atoms with E-state index >= 15 is 0 Å². The van der Waals surface area contributed by atoms with Gasteiger partial charge in [-0.05, 0) is 50.3 Å². The third-order valence-electron chi connectivity index (χ3n) is 5.83. The highest BCUT2D eigenvalue weighted by molar-refractivity contribution is 6.43. The summed E-state index contributed by atoms with van der Waals surface area (Å²) < 4.78 is 7.04. The van der Waals surface area contributed by atoms with E-state index in [1.807, 2.05) is 6.92 Å². The first kappa shape index (κ1) is 21.0. The first-order valence-electron chi connectivity index (χ1n) is 10.6. The van der Waals surface area contributed by atoms with Crippen molar-refractivity contribution in [1.82, 2.24) is 14.7 Å². The molecule has 4 rings (SSSR count). The summed E-state index contributed by atoms with van der Waals surface area (Å²) in [6.45, 7) is 5.98. The fourth-order valence-corrected chi connectivity index (χ4v) is 3.74. The topological polar surface area (TPSA) is 106 Å². The Bertz CT molecular complexity index is 992. The molecule has 0 spiro atoms. The minimum Gasteiger partial charge on any atom is -0.378 e. The summed E-state index contributed by atoms with van der Waals surface area (Å²) in [4.78, 5) is 39.5. The molecule has 0 bridgehead atoms. The van der Waals surface area contributed by atoms with E-state index in [9.17, 15) is 14.4 Å². The van der Waals surface area contributed by atoms with Crippen LogP contribution in [-0.4, -0.2) is 58.7 Å². The Hall–Kier alpha value is -3.20. The number of anilines is 2. The lowest BCUT2D eigenvalue weighted by atomic mass is 10.1. The van der Waals surface area contributed by atoms with Crippen molar-refractivity contribution in [2.45, 2.75) is 32.7 Å². The van der Waals surface area contributed by atoms with E-state index in [4.69, 9.17) is 4.74 Å². The molecule has 2 fully saturated rings. The lowest BCUT2D eigenvalue weighted by molar-refractivity contribution is -0.133. The van der Waals surface area contributed by atoms with Gasteiger partial charge in [-0.1, -0.05) is 6.07 Å². The summed E-state index contributed by atoms with van der Waals surface area (Å²) in [6, 6.07) is 6.88. The number of nitrogens with one attached hydrogen (secondary N) is 2. The fraction of sp³-hybridized carbons (Fsp3) is 0.455. The number of amides is 3. The van der Waals surface area contributed by atoms with Crippen molar-refractivity contribution in [2.75, 3.05) is 36.9 Å². The number of aryl methyl sites for hydroxylation is 1. The van der Waals surface area contributed by atoms with Crippen molar-refractivity contribution in [3.63, 3.8) is 0 Å². The van der Waals surface area contributed by atoms with Crippen molar-refractivity contribution in [2.24, 2.45) is 5.92 Å². The minimum atomic E-state index is -0.805. The maximum atomic E-state index is 12.8. The Kier molecular flexibility index (Phi) is 6.03. The molecule has 2 aromatic rings. The molecule has 31 heavy (non-hydrogen) atoms. The second kappa shape index (κ2) is 8.89. The van der Waals surface area contributed by atoms with Crippen LogP contribution in [0.4, 0.5) is 11.5 Å². The molecular weight excluding hydrogens is 398 g/mol. The summed E-state index contributed by atoms with van der Waals surface area (Å²) in [7, 11) is 0. The normalized spacial score (nSPS) is 17.2. The second-order valence-electron chi connectivity index (χ2n) is 8.08. The van der Waals surface area contributed by atoms with E-state index in [0.717, 1.165) is 18.4 Å². The zero-order valence-corrected chi connectivity index (χ0v) is 17.8. The van der Waals surface area contributed by atoms with Crippen LogP contribution < -0.4 is 10.6 Å². The number of hydrogen-bond acceptors (Lipinski definition) is 5. The van der Waals surface area contributed by atoms with Gasteiger partial charge >= 0.3 is 11.8 Å². The molecule has 1 aliphatic carbocycles. The summed E-state index contributed by atoms with van der Waals surface area (Å²) in [6.07, 6.45) is 3.90. The zero-order chi connectivity index (χ0) is 22.0. The molecule has 2 aliphatic rings. The average molecular weight is 425 g/mol. The molecule has 1 unspecified atom stereocenters. The van der Waals surface area contributed by atoms with Gasteiger partial charge in [0.25, 0.3) is 5.91 Å². The van der Waals surface area contributed by atoms with Crippen LogP contribution >= 0.6 is 0 Å². The molecule has 1 aliphatic heterocycles. The quantitative estimate of drug-likeness (QED) is 0.715. The zero-order valence-electron chi connectivity index (χ0n) is 17.8. The van der Waals surface area contributed by atoms with Gasteiger partial charge in [0, 0.05) is 30.4 Å². The highest BCUT2D eigenvalue weighted by Crippen LogP contribution is 2.40. The number of rotatable bonds is 5. The molecule has 3 amide bonds. The van der Waals surface area contributed by atoms with Crippen LogP contribution in [0.15, 0.2) is 30.5 Å². The van der Waals surface area contributed by atoms with Crippen LogP contribution in [0.5, 0.6) is 0 Å². The highest BCUT2D eigenvalue weighted by Gasteiger charge is 2.31. The predicted octanol–water partition coefficient (Wildman–Crippen LogP) is 2.21. The van der Waals surface area contributed by atoms with Crippen molar-refractivity contribution in [3.05, 3.63) is 41.6 Å². The number of ether oxygens (including phenoxy) is 1. The van der Waals surface area contributed by atoms with Gasteiger partial charge in [-0.15, -0.1) is 0 Å². The maximum absolute atomic E-state index is 12.8. The maximum Gasteiger partial charge on any atom is 0.315 e. The van der Waals surface area contributed by atoms with E-state index in [0.29, 0.717) is 49.3 Å². The number of hydrogen-bond donors (Lipinski definition) is 2. The van der Waals surface area contributed by atoms with Gasteiger partial charge in [0.2, 0.25) is 0 Å². The second-order valence-corrected chi connectivity index (χ2v) is 8.08. The smallest absolute Gasteiger partial charge is 0.315 e. The molecule has 0 radical (unpaired) electrons. The van der Waals surface area contributed by atoms with Crippen LogP contribution in [0.3, 0.4) is 0 Å². The van der Waals surface area contributed by atoms with Gasteiger partial charge in [0.05, 0.1) is 25.5 Å². The SMILES string of the molecule is Cc1ccc(NC(=O)C(=O)Nc2ccnn2C(C)C2CC2)cc1C(=O)N1CCOCC1. The van der Waals surface area contributed by atoms with Gasteiger partial charge in [-0.25, -0.2) is 4.68 Å². The third kappa shape index (κ3) is 4.77. The van der Waals surface area contributed by atoms with E-state index < -0.39 is 11.8 Å². The van der Waals surface area contributed by atoms with Crippen LogP contribution in [0.2, 0.25) is 0 Å². The predicted molar refractivity (Wildman–Crippen MR) is 115 cm³/mol. The fourth-order valence-electron chi connectivity index (χ4n) is 3.74. The molecule has 1 aromatic heterocycles. The Morgan fingerprint density at radius 2 is 1.81 bits per heavy atom. The van der Waals surface area contributed by atoms with Crippen molar-refractivity contribution < 1.29 is 19.1 Å². The number of nitrogens with zero attached hydrogens (tertiary/aromatic N) is 3. The van der Waals surface area contributed by atoms with Gasteiger partial charge in [0.1, 0.15) is 5.82 Å². The van der Waals surface area contributed by atoms with Crippen LogP contribution in [0, 0.1) is 12.8 Å². The van der Waals surface area contributed by atoms with Gasteiger partial charge < -0.3 is 20.3 Å². The van der Waals surface area contributed by atoms with E-state index in [1.165, 1.54) is 0 Å². The molecule has 1 saturated carbocycles. The lowest BCUT2D eigenvalue weighted by Crippen LogP contribution is -2.41. The van der Waals surface area contributed by atoms with E-state index in [-0.39, 0.29) is 11.9 Å². The van der Waals surface area contributed by atoms with Crippen molar-refractivity contribution in [1.29, 1.82) is 0 Å². The molecule has 2 N–H and O–H groups in total. The molecule has 1 atom stereocenters. The van der Waals surface area contributed by atoms with E-state index in [2.05, 4.69) is 22.7 Å². The van der Waals surface area contributed by atoms with Crippen LogP contribution in [-0.2, 0) is 14.3 Å². The number of aromatic nitrogens is 2.